The van der Waals surface area contributed by atoms with Gasteiger partial charge in [0.15, 0.2) is 0 Å². The largest absolute Gasteiger partial charge is 0.336 e. The predicted octanol–water partition coefficient (Wildman–Crippen LogP) is 2.18. The molecule has 0 aromatic carbocycles. The van der Waals surface area contributed by atoms with Crippen molar-refractivity contribution in [1.82, 2.24) is 9.55 Å². The van der Waals surface area contributed by atoms with E-state index in [0.717, 1.165) is 15.6 Å². The van der Waals surface area contributed by atoms with Crippen LogP contribution in [0.4, 0.5) is 0 Å². The molecule has 2 heterocycles. The van der Waals surface area contributed by atoms with Gasteiger partial charge in [0.2, 0.25) is 0 Å². The molecule has 5 heteroatoms. The molecule has 2 N–H and O–H groups in total. The predicted molar refractivity (Wildman–Crippen MR) is 58.6 cm³/mol. The maximum atomic E-state index is 6.07. The Kier molecular flexibility index (Phi) is 2.58. The molecule has 0 saturated heterocycles. The Morgan fingerprint density at radius 1 is 1.64 bits per heavy atom. The number of hydrogen-bond acceptors (Lipinski definition) is 3. The van der Waals surface area contributed by atoms with Crippen LogP contribution in [0.5, 0.6) is 0 Å². The van der Waals surface area contributed by atoms with E-state index >= 15 is 0 Å². The number of imidazole rings is 1. The molecule has 2 rings (SSSR count). The van der Waals surface area contributed by atoms with Crippen molar-refractivity contribution < 1.29 is 0 Å². The molecule has 2 aromatic heterocycles. The quantitative estimate of drug-likeness (QED) is 0.855. The lowest BCUT2D eigenvalue weighted by Gasteiger charge is -2.10. The highest BCUT2D eigenvalue weighted by Gasteiger charge is 2.16. The van der Waals surface area contributed by atoms with Gasteiger partial charge in [-0.1, -0.05) is 11.6 Å². The van der Waals surface area contributed by atoms with Gasteiger partial charge in [-0.05, 0) is 11.4 Å². The summed E-state index contributed by atoms with van der Waals surface area (Å²) in [5.41, 5.74) is 7.04. The minimum atomic E-state index is -0.185. The summed E-state index contributed by atoms with van der Waals surface area (Å²) in [5, 5.41) is 2.66. The van der Waals surface area contributed by atoms with Gasteiger partial charge < -0.3 is 10.3 Å². The van der Waals surface area contributed by atoms with E-state index in [2.05, 4.69) is 4.98 Å². The molecule has 0 amide bonds. The third kappa shape index (κ3) is 1.56. The van der Waals surface area contributed by atoms with Crippen LogP contribution in [-0.2, 0) is 7.05 Å². The Balaban J connectivity index is 2.38. The van der Waals surface area contributed by atoms with E-state index in [1.165, 1.54) is 0 Å². The van der Waals surface area contributed by atoms with Crippen molar-refractivity contribution in [3.63, 3.8) is 0 Å². The zero-order valence-corrected chi connectivity index (χ0v) is 9.22. The van der Waals surface area contributed by atoms with E-state index in [-0.39, 0.29) is 6.04 Å². The fourth-order valence-corrected chi connectivity index (χ4v) is 2.52. The summed E-state index contributed by atoms with van der Waals surface area (Å²) in [4.78, 5) is 5.01. The van der Waals surface area contributed by atoms with Crippen molar-refractivity contribution in [2.24, 2.45) is 12.8 Å². The van der Waals surface area contributed by atoms with Crippen LogP contribution in [0.2, 0.25) is 5.02 Å². The molecule has 74 valence electrons. The van der Waals surface area contributed by atoms with Crippen LogP contribution in [0.15, 0.2) is 24.0 Å². The molecule has 2 aromatic rings. The minimum absolute atomic E-state index is 0.185. The summed E-state index contributed by atoms with van der Waals surface area (Å²) in [5.74, 6) is 0. The zero-order valence-electron chi connectivity index (χ0n) is 7.64. The van der Waals surface area contributed by atoms with Crippen LogP contribution >= 0.6 is 22.9 Å². The summed E-state index contributed by atoms with van der Waals surface area (Å²) < 4.78 is 1.90. The first-order chi connectivity index (χ1) is 6.70. The molecule has 0 bridgehead atoms. The summed E-state index contributed by atoms with van der Waals surface area (Å²) >= 11 is 7.57. The highest BCUT2D eigenvalue weighted by atomic mass is 35.5. The van der Waals surface area contributed by atoms with Crippen molar-refractivity contribution in [2.75, 3.05) is 0 Å². The van der Waals surface area contributed by atoms with Crippen LogP contribution in [0.25, 0.3) is 0 Å². The fraction of sp³-hybridized carbons (Fsp3) is 0.222. The van der Waals surface area contributed by atoms with Gasteiger partial charge in [-0.3, -0.25) is 0 Å². The van der Waals surface area contributed by atoms with Crippen molar-refractivity contribution in [2.45, 2.75) is 6.04 Å². The van der Waals surface area contributed by atoms with Crippen LogP contribution in [0.1, 0.15) is 16.6 Å². The molecule has 0 spiro atoms. The summed E-state index contributed by atoms with van der Waals surface area (Å²) in [6.07, 6.45) is 3.50. The molecular weight excluding hydrogens is 218 g/mol. The van der Waals surface area contributed by atoms with Gasteiger partial charge in [0, 0.05) is 11.9 Å². The maximum absolute atomic E-state index is 6.07. The number of hydrogen-bond donors (Lipinski definition) is 1. The van der Waals surface area contributed by atoms with Crippen molar-refractivity contribution in [3.05, 3.63) is 39.6 Å². The Bertz CT molecular complexity index is 394. The zero-order chi connectivity index (χ0) is 10.1. The lowest BCUT2D eigenvalue weighted by Crippen LogP contribution is -2.14. The Morgan fingerprint density at radius 3 is 2.93 bits per heavy atom. The van der Waals surface area contributed by atoms with Crippen LogP contribution in [0.3, 0.4) is 0 Å². The second-order valence-corrected chi connectivity index (χ2v) is 4.39. The second kappa shape index (κ2) is 3.73. The summed E-state index contributed by atoms with van der Waals surface area (Å²) in [6.45, 7) is 0. The lowest BCUT2D eigenvalue weighted by molar-refractivity contribution is 0.755. The van der Waals surface area contributed by atoms with Crippen molar-refractivity contribution >= 4 is 22.9 Å². The molecule has 0 radical (unpaired) electrons. The SMILES string of the molecule is Cn1cncc1C(N)c1sccc1Cl. The molecule has 1 atom stereocenters. The monoisotopic (exact) mass is 227 g/mol. The number of nitrogens with zero attached hydrogens (tertiary/aromatic N) is 2. The van der Waals surface area contributed by atoms with Gasteiger partial charge >= 0.3 is 0 Å². The molecule has 0 aliphatic rings. The van der Waals surface area contributed by atoms with Gasteiger partial charge in [-0.25, -0.2) is 4.98 Å². The number of nitrogens with two attached hydrogens (primary N) is 1. The third-order valence-corrected chi connectivity index (χ3v) is 3.54. The molecule has 0 aliphatic heterocycles. The molecule has 1 unspecified atom stereocenters. The molecule has 0 fully saturated rings. The average molecular weight is 228 g/mol. The number of halogens is 1. The number of aromatic nitrogens is 2. The van der Waals surface area contributed by atoms with E-state index < -0.39 is 0 Å². The van der Waals surface area contributed by atoms with E-state index in [9.17, 15) is 0 Å². The normalized spacial score (nSPS) is 13.1. The number of aryl methyl sites for hydroxylation is 1. The van der Waals surface area contributed by atoms with E-state index in [0.29, 0.717) is 0 Å². The Labute approximate surface area is 91.1 Å². The molecule has 0 saturated carbocycles. The smallest absolute Gasteiger partial charge is 0.0946 e. The Morgan fingerprint density at radius 2 is 2.43 bits per heavy atom. The van der Waals surface area contributed by atoms with Gasteiger partial charge in [-0.15, -0.1) is 11.3 Å². The summed E-state index contributed by atoms with van der Waals surface area (Å²) in [7, 11) is 1.92. The number of thiophene rings is 1. The highest BCUT2D eigenvalue weighted by molar-refractivity contribution is 7.10. The molecular formula is C9H10ClN3S. The van der Waals surface area contributed by atoms with Crippen molar-refractivity contribution in [3.8, 4) is 0 Å². The minimum Gasteiger partial charge on any atom is -0.336 e. The van der Waals surface area contributed by atoms with Crippen LogP contribution in [0, 0.1) is 0 Å². The Hall–Kier alpha value is -0.840. The maximum Gasteiger partial charge on any atom is 0.0946 e. The molecule has 3 nitrogen and oxygen atoms in total. The molecule has 0 aliphatic carbocycles. The first-order valence-corrected chi connectivity index (χ1v) is 5.40. The third-order valence-electron chi connectivity index (χ3n) is 2.10. The summed E-state index contributed by atoms with van der Waals surface area (Å²) in [6, 6.07) is 1.67. The lowest BCUT2D eigenvalue weighted by atomic mass is 10.2. The standard InChI is InChI=1S/C9H10ClN3S/c1-13-5-12-4-7(13)8(11)9-6(10)2-3-14-9/h2-5,8H,11H2,1H3. The van der Waals surface area contributed by atoms with Crippen LogP contribution < -0.4 is 5.73 Å². The second-order valence-electron chi connectivity index (χ2n) is 3.04. The van der Waals surface area contributed by atoms with E-state index in [4.69, 9.17) is 17.3 Å². The van der Waals surface area contributed by atoms with Gasteiger partial charge in [0.25, 0.3) is 0 Å². The van der Waals surface area contributed by atoms with Gasteiger partial charge in [0.1, 0.15) is 0 Å². The van der Waals surface area contributed by atoms with E-state index in [1.54, 1.807) is 23.9 Å². The molecule has 14 heavy (non-hydrogen) atoms. The first-order valence-electron chi connectivity index (χ1n) is 4.15. The van der Waals surface area contributed by atoms with Crippen molar-refractivity contribution in [1.29, 1.82) is 0 Å². The van der Waals surface area contributed by atoms with E-state index in [1.807, 2.05) is 23.1 Å². The topological polar surface area (TPSA) is 43.8 Å². The van der Waals surface area contributed by atoms with Gasteiger partial charge in [0.05, 0.1) is 29.3 Å². The van der Waals surface area contributed by atoms with Crippen LogP contribution in [-0.4, -0.2) is 9.55 Å². The highest BCUT2D eigenvalue weighted by Crippen LogP contribution is 2.30. The first kappa shape index (κ1) is 9.71. The fourth-order valence-electron chi connectivity index (χ4n) is 1.33. The number of rotatable bonds is 2. The van der Waals surface area contributed by atoms with Gasteiger partial charge in [-0.2, -0.15) is 0 Å². The average Bonchev–Trinajstić information content (AvgIpc) is 2.73.